The van der Waals surface area contributed by atoms with Crippen LogP contribution in [0.25, 0.3) is 34.3 Å². The molecule has 2 atom stereocenters. The second kappa shape index (κ2) is 16.4. The first-order valence-corrected chi connectivity index (χ1v) is 16.9. The summed E-state index contributed by atoms with van der Waals surface area (Å²) >= 11 is 0. The molecule has 2 heterocycles. The number of aromatic hydroxyl groups is 2. The van der Waals surface area contributed by atoms with E-state index in [1.54, 1.807) is 23.0 Å². The fraction of sp³-hybridized carbons (Fsp3) is 0.514. The van der Waals surface area contributed by atoms with Crippen LogP contribution in [0.2, 0.25) is 0 Å². The van der Waals surface area contributed by atoms with Crippen molar-refractivity contribution in [2.45, 2.75) is 92.9 Å². The number of unbranched alkanes of at least 4 members (excludes halogenated alkanes) is 2. The highest BCUT2D eigenvalue weighted by Crippen LogP contribution is 2.40. The van der Waals surface area contributed by atoms with Crippen molar-refractivity contribution < 1.29 is 19.7 Å². The van der Waals surface area contributed by atoms with E-state index in [1.807, 2.05) is 39.1 Å². The molecule has 9 nitrogen and oxygen atoms in total. The minimum Gasteiger partial charge on any atom is -0.507 e. The summed E-state index contributed by atoms with van der Waals surface area (Å²) in [5, 5.41) is 27.1. The predicted molar refractivity (Wildman–Crippen MR) is 183 cm³/mol. The van der Waals surface area contributed by atoms with E-state index >= 15 is 0 Å². The third kappa shape index (κ3) is 8.17. The fourth-order valence-corrected chi connectivity index (χ4v) is 5.57. The molecule has 2 aromatic carbocycles. The zero-order valence-electron chi connectivity index (χ0n) is 28.6. The SMILES string of the molecule is CCCCC(CC)COc1ccc(-c2nc(-c3ccc(OCC(CC)CCCC)c(C)c3O)nc(-c3ccnn3C)n2)c(O)c1C. The number of phenolic OH excluding ortho intramolecular Hbond substituents is 2. The number of rotatable bonds is 17. The first-order chi connectivity index (χ1) is 22.2. The van der Waals surface area contributed by atoms with E-state index in [-0.39, 0.29) is 23.1 Å². The molecule has 0 fully saturated rings. The Morgan fingerprint density at radius 1 is 0.674 bits per heavy atom. The molecule has 4 aromatic rings. The average molecular weight is 630 g/mol. The highest BCUT2D eigenvalue weighted by Gasteiger charge is 2.22. The molecule has 0 spiro atoms. The minimum absolute atomic E-state index is 0.0462. The lowest BCUT2D eigenvalue weighted by Gasteiger charge is -2.19. The zero-order valence-corrected chi connectivity index (χ0v) is 28.6. The van der Waals surface area contributed by atoms with Gasteiger partial charge in [0.15, 0.2) is 17.5 Å². The molecule has 2 N–H and O–H groups in total. The van der Waals surface area contributed by atoms with Crippen LogP contribution in [0.5, 0.6) is 23.0 Å². The lowest BCUT2D eigenvalue weighted by molar-refractivity contribution is 0.231. The summed E-state index contributed by atoms with van der Waals surface area (Å²) in [7, 11) is 1.81. The molecular weight excluding hydrogens is 578 g/mol. The Balaban J connectivity index is 1.70. The van der Waals surface area contributed by atoms with Crippen LogP contribution >= 0.6 is 0 Å². The molecule has 248 valence electrons. The van der Waals surface area contributed by atoms with Crippen molar-refractivity contribution in [1.82, 2.24) is 24.7 Å². The number of phenols is 2. The Morgan fingerprint density at radius 2 is 1.13 bits per heavy atom. The van der Waals surface area contributed by atoms with Crippen molar-refractivity contribution in [2.75, 3.05) is 13.2 Å². The van der Waals surface area contributed by atoms with Gasteiger partial charge in [-0.25, -0.2) is 15.0 Å². The number of benzene rings is 2. The maximum absolute atomic E-state index is 11.4. The number of aryl methyl sites for hydroxylation is 1. The summed E-state index contributed by atoms with van der Waals surface area (Å²) < 4.78 is 14.0. The van der Waals surface area contributed by atoms with E-state index < -0.39 is 0 Å². The number of hydrogen-bond acceptors (Lipinski definition) is 8. The van der Waals surface area contributed by atoms with Crippen LogP contribution in [0.1, 0.15) is 90.2 Å². The molecule has 46 heavy (non-hydrogen) atoms. The largest absolute Gasteiger partial charge is 0.507 e. The van der Waals surface area contributed by atoms with Crippen molar-refractivity contribution in [3.8, 4) is 57.3 Å². The van der Waals surface area contributed by atoms with E-state index in [2.05, 4.69) is 32.8 Å². The quantitative estimate of drug-likeness (QED) is 0.119. The third-order valence-corrected chi connectivity index (χ3v) is 8.97. The Hall–Kier alpha value is -4.14. The Labute approximate surface area is 274 Å². The van der Waals surface area contributed by atoms with Gasteiger partial charge in [0, 0.05) is 24.4 Å². The van der Waals surface area contributed by atoms with Gasteiger partial charge in [0.25, 0.3) is 0 Å². The standard InChI is InChI=1S/C37H51N5O4/c1-8-12-14-26(10-3)22-45-31-18-16-28(33(43)24(31)5)35-39-36(41-37(40-35)30-20-21-38-42(30)7)29-17-19-32(25(6)34(29)44)46-23-27(11-4)15-13-9-2/h16-21,26-27,43-44H,8-15,22-23H2,1-7H3. The molecule has 0 amide bonds. The topological polar surface area (TPSA) is 115 Å². The molecule has 0 bridgehead atoms. The second-order valence-corrected chi connectivity index (χ2v) is 12.3. The van der Waals surface area contributed by atoms with Crippen LogP contribution in [0.3, 0.4) is 0 Å². The summed E-state index contributed by atoms with van der Waals surface area (Å²) in [5.41, 5.74) is 2.81. The summed E-state index contributed by atoms with van der Waals surface area (Å²) in [5.74, 6) is 3.24. The van der Waals surface area contributed by atoms with Crippen LogP contribution in [-0.4, -0.2) is 48.2 Å². The lowest BCUT2D eigenvalue weighted by Crippen LogP contribution is -2.12. The molecule has 0 aliphatic heterocycles. The van der Waals surface area contributed by atoms with Gasteiger partial charge in [-0.05, 0) is 68.9 Å². The Bertz CT molecular complexity index is 1490. The molecule has 2 aromatic heterocycles. The van der Waals surface area contributed by atoms with Crippen LogP contribution in [-0.2, 0) is 7.05 Å². The van der Waals surface area contributed by atoms with Crippen LogP contribution in [0.15, 0.2) is 36.5 Å². The van der Waals surface area contributed by atoms with Crippen molar-refractivity contribution in [1.29, 1.82) is 0 Å². The van der Waals surface area contributed by atoms with E-state index in [9.17, 15) is 10.2 Å². The molecule has 2 unspecified atom stereocenters. The highest BCUT2D eigenvalue weighted by molar-refractivity contribution is 5.74. The minimum atomic E-state index is 0.0462. The average Bonchev–Trinajstić information content (AvgIpc) is 3.50. The lowest BCUT2D eigenvalue weighted by atomic mass is 10.0. The first-order valence-electron chi connectivity index (χ1n) is 16.9. The normalized spacial score (nSPS) is 12.7. The van der Waals surface area contributed by atoms with Crippen molar-refractivity contribution in [3.05, 3.63) is 47.7 Å². The molecule has 9 heteroatoms. The number of aromatic nitrogens is 5. The Kier molecular flexibility index (Phi) is 12.4. The van der Waals surface area contributed by atoms with Crippen molar-refractivity contribution in [2.24, 2.45) is 18.9 Å². The monoisotopic (exact) mass is 629 g/mol. The summed E-state index contributed by atoms with van der Waals surface area (Å²) in [6, 6.07) is 9.10. The highest BCUT2D eigenvalue weighted by atomic mass is 16.5. The summed E-state index contributed by atoms with van der Waals surface area (Å²) in [6.45, 7) is 13.7. The van der Waals surface area contributed by atoms with E-state index in [1.165, 1.54) is 12.8 Å². The zero-order chi connectivity index (χ0) is 33.2. The van der Waals surface area contributed by atoms with Crippen molar-refractivity contribution >= 4 is 0 Å². The van der Waals surface area contributed by atoms with Gasteiger partial charge < -0.3 is 19.7 Å². The van der Waals surface area contributed by atoms with Gasteiger partial charge in [-0.3, -0.25) is 4.68 Å². The van der Waals surface area contributed by atoms with Gasteiger partial charge in [-0.1, -0.05) is 66.2 Å². The van der Waals surface area contributed by atoms with E-state index in [0.717, 1.165) is 38.5 Å². The second-order valence-electron chi connectivity index (χ2n) is 12.3. The van der Waals surface area contributed by atoms with Gasteiger partial charge in [-0.15, -0.1) is 0 Å². The summed E-state index contributed by atoms with van der Waals surface area (Å²) in [4.78, 5) is 14.3. The molecule has 0 radical (unpaired) electrons. The number of ether oxygens (including phenoxy) is 2. The van der Waals surface area contributed by atoms with E-state index in [0.29, 0.717) is 70.3 Å². The fourth-order valence-electron chi connectivity index (χ4n) is 5.57. The molecular formula is C37H51N5O4. The molecule has 0 saturated carbocycles. The summed E-state index contributed by atoms with van der Waals surface area (Å²) in [6.07, 6.45) is 10.7. The van der Waals surface area contributed by atoms with E-state index in [4.69, 9.17) is 24.4 Å². The first kappa shape index (κ1) is 34.7. The maximum Gasteiger partial charge on any atom is 0.182 e. The number of nitrogens with zero attached hydrogens (tertiary/aromatic N) is 5. The predicted octanol–water partition coefficient (Wildman–Crippen LogP) is 8.82. The van der Waals surface area contributed by atoms with Gasteiger partial charge in [0.1, 0.15) is 28.7 Å². The molecule has 0 aliphatic rings. The number of hydrogen-bond donors (Lipinski definition) is 2. The van der Waals surface area contributed by atoms with Gasteiger partial charge in [-0.2, -0.15) is 5.10 Å². The van der Waals surface area contributed by atoms with Gasteiger partial charge in [0.05, 0.1) is 24.3 Å². The van der Waals surface area contributed by atoms with Crippen LogP contribution < -0.4 is 9.47 Å². The van der Waals surface area contributed by atoms with Crippen LogP contribution in [0, 0.1) is 25.7 Å². The third-order valence-electron chi connectivity index (χ3n) is 8.97. The van der Waals surface area contributed by atoms with Gasteiger partial charge in [0.2, 0.25) is 0 Å². The van der Waals surface area contributed by atoms with Gasteiger partial charge >= 0.3 is 0 Å². The maximum atomic E-state index is 11.4. The molecule has 0 saturated heterocycles. The smallest absolute Gasteiger partial charge is 0.182 e. The molecule has 0 aliphatic carbocycles. The van der Waals surface area contributed by atoms with Crippen LogP contribution in [0.4, 0.5) is 0 Å². The molecule has 4 rings (SSSR count). The van der Waals surface area contributed by atoms with Crippen molar-refractivity contribution in [3.63, 3.8) is 0 Å². The Morgan fingerprint density at radius 3 is 1.52 bits per heavy atom.